The zero-order valence-electron chi connectivity index (χ0n) is 11.7. The lowest BCUT2D eigenvalue weighted by Crippen LogP contribution is -2.34. The SMILES string of the molecule is O=C(COc1ccccc1)c1ccccc1OC(F)(F)C(F)F. The van der Waals surface area contributed by atoms with Crippen LogP contribution in [0.3, 0.4) is 0 Å². The van der Waals surface area contributed by atoms with E-state index in [9.17, 15) is 22.4 Å². The van der Waals surface area contributed by atoms with Gasteiger partial charge in [0.15, 0.2) is 6.61 Å². The van der Waals surface area contributed by atoms with Gasteiger partial charge >= 0.3 is 12.5 Å². The summed E-state index contributed by atoms with van der Waals surface area (Å²) < 4.78 is 59.7. The van der Waals surface area contributed by atoms with Gasteiger partial charge in [-0.2, -0.15) is 17.6 Å². The van der Waals surface area contributed by atoms with Crippen LogP contribution in [0.4, 0.5) is 17.6 Å². The lowest BCUT2D eigenvalue weighted by atomic mass is 10.1. The fourth-order valence-corrected chi connectivity index (χ4v) is 1.72. The van der Waals surface area contributed by atoms with Crippen molar-refractivity contribution in [2.45, 2.75) is 12.5 Å². The van der Waals surface area contributed by atoms with E-state index in [2.05, 4.69) is 4.74 Å². The van der Waals surface area contributed by atoms with Crippen LogP contribution < -0.4 is 9.47 Å². The standard InChI is InChI=1S/C16H12F4O3/c17-15(18)16(19,20)23-14-9-5-4-8-12(14)13(21)10-22-11-6-2-1-3-7-11/h1-9,15H,10H2. The summed E-state index contributed by atoms with van der Waals surface area (Å²) in [5.74, 6) is -0.883. The summed E-state index contributed by atoms with van der Waals surface area (Å²) in [4.78, 5) is 12.1. The van der Waals surface area contributed by atoms with Crippen LogP contribution in [-0.2, 0) is 0 Å². The van der Waals surface area contributed by atoms with E-state index >= 15 is 0 Å². The molecule has 0 aromatic heterocycles. The zero-order valence-corrected chi connectivity index (χ0v) is 11.7. The van der Waals surface area contributed by atoms with E-state index in [1.807, 2.05) is 0 Å². The normalized spacial score (nSPS) is 11.3. The van der Waals surface area contributed by atoms with Gasteiger partial charge in [-0.15, -0.1) is 0 Å². The fraction of sp³-hybridized carbons (Fsp3) is 0.188. The first-order valence-electron chi connectivity index (χ1n) is 6.55. The molecule has 3 nitrogen and oxygen atoms in total. The molecule has 0 saturated carbocycles. The van der Waals surface area contributed by atoms with Crippen LogP contribution in [0, 0.1) is 0 Å². The molecule has 0 saturated heterocycles. The first-order chi connectivity index (χ1) is 10.9. The molecule has 2 aromatic rings. The summed E-state index contributed by atoms with van der Waals surface area (Å²) >= 11 is 0. The minimum Gasteiger partial charge on any atom is -0.485 e. The maximum atomic E-state index is 13.0. The molecule has 0 aliphatic heterocycles. The predicted molar refractivity (Wildman–Crippen MR) is 74.3 cm³/mol. The average molecular weight is 328 g/mol. The molecule has 2 aromatic carbocycles. The van der Waals surface area contributed by atoms with Gasteiger partial charge in [-0.1, -0.05) is 30.3 Å². The molecular weight excluding hydrogens is 316 g/mol. The quantitative estimate of drug-likeness (QED) is 0.565. The number of Topliss-reactive ketones (excluding diaryl/α,β-unsaturated/α-hetero) is 1. The maximum absolute atomic E-state index is 13.0. The maximum Gasteiger partial charge on any atom is 0.461 e. The fourth-order valence-electron chi connectivity index (χ4n) is 1.72. The average Bonchev–Trinajstić information content (AvgIpc) is 2.53. The number of ether oxygens (including phenoxy) is 2. The smallest absolute Gasteiger partial charge is 0.461 e. The highest BCUT2D eigenvalue weighted by Gasteiger charge is 2.44. The van der Waals surface area contributed by atoms with E-state index in [0.29, 0.717) is 5.75 Å². The molecule has 23 heavy (non-hydrogen) atoms. The molecule has 0 fully saturated rings. The van der Waals surface area contributed by atoms with Gasteiger partial charge in [-0.05, 0) is 24.3 Å². The second kappa shape index (κ2) is 7.13. The van der Waals surface area contributed by atoms with Crippen molar-refractivity contribution in [1.29, 1.82) is 0 Å². The van der Waals surface area contributed by atoms with Crippen LogP contribution in [0.2, 0.25) is 0 Å². The van der Waals surface area contributed by atoms with E-state index in [4.69, 9.17) is 4.74 Å². The Hall–Kier alpha value is -2.57. The molecule has 0 aliphatic rings. The Morgan fingerprint density at radius 2 is 1.61 bits per heavy atom. The molecule has 0 amide bonds. The van der Waals surface area contributed by atoms with Crippen molar-refractivity contribution in [1.82, 2.24) is 0 Å². The highest BCUT2D eigenvalue weighted by molar-refractivity contribution is 5.99. The van der Waals surface area contributed by atoms with Gasteiger partial charge in [0.05, 0.1) is 5.56 Å². The monoisotopic (exact) mass is 328 g/mol. The number of hydrogen-bond acceptors (Lipinski definition) is 3. The number of carbonyl (C=O) groups excluding carboxylic acids is 1. The van der Waals surface area contributed by atoms with Crippen LogP contribution in [-0.4, -0.2) is 24.9 Å². The van der Waals surface area contributed by atoms with E-state index in [1.165, 1.54) is 18.2 Å². The predicted octanol–water partition coefficient (Wildman–Crippen LogP) is 4.19. The van der Waals surface area contributed by atoms with Crippen molar-refractivity contribution in [3.8, 4) is 11.5 Å². The third-order valence-electron chi connectivity index (χ3n) is 2.80. The highest BCUT2D eigenvalue weighted by Crippen LogP contribution is 2.30. The van der Waals surface area contributed by atoms with Gasteiger partial charge in [0, 0.05) is 0 Å². The minimum absolute atomic E-state index is 0.260. The Kier molecular flexibility index (Phi) is 5.20. The summed E-state index contributed by atoms with van der Waals surface area (Å²) in [5, 5.41) is 0. The van der Waals surface area contributed by atoms with Crippen LogP contribution >= 0.6 is 0 Å². The molecule has 7 heteroatoms. The van der Waals surface area contributed by atoms with Crippen LogP contribution in [0.25, 0.3) is 0 Å². The first kappa shape index (κ1) is 16.8. The zero-order chi connectivity index (χ0) is 16.9. The molecule has 0 radical (unpaired) electrons. The lowest BCUT2D eigenvalue weighted by molar-refractivity contribution is -0.253. The van der Waals surface area contributed by atoms with Gasteiger partial charge < -0.3 is 9.47 Å². The van der Waals surface area contributed by atoms with Crippen LogP contribution in [0.5, 0.6) is 11.5 Å². The highest BCUT2D eigenvalue weighted by atomic mass is 19.3. The number of ketones is 1. The van der Waals surface area contributed by atoms with E-state index in [0.717, 1.165) is 6.07 Å². The molecule has 0 N–H and O–H groups in total. The number of benzene rings is 2. The number of rotatable bonds is 7. The Bertz CT molecular complexity index is 659. The molecule has 0 heterocycles. The molecule has 2 rings (SSSR count). The summed E-state index contributed by atoms with van der Waals surface area (Å²) in [6.45, 7) is -0.440. The molecule has 0 spiro atoms. The van der Waals surface area contributed by atoms with Crippen LogP contribution in [0.15, 0.2) is 54.6 Å². The third kappa shape index (κ3) is 4.45. The van der Waals surface area contributed by atoms with Crippen molar-refractivity contribution < 1.29 is 31.8 Å². The summed E-state index contributed by atoms with van der Waals surface area (Å²) in [6, 6.07) is 13.3. The molecule has 0 atom stereocenters. The molecular formula is C16H12F4O3. The van der Waals surface area contributed by atoms with Gasteiger partial charge in [-0.25, -0.2) is 0 Å². The van der Waals surface area contributed by atoms with Crippen molar-refractivity contribution in [3.63, 3.8) is 0 Å². The Labute approximate surface area is 129 Å². The Morgan fingerprint density at radius 3 is 2.26 bits per heavy atom. The van der Waals surface area contributed by atoms with Gasteiger partial charge in [-0.3, -0.25) is 4.79 Å². The number of hydrogen-bond donors (Lipinski definition) is 0. The number of alkyl halides is 4. The van der Waals surface area contributed by atoms with E-state index in [1.54, 1.807) is 30.3 Å². The summed E-state index contributed by atoms with van der Waals surface area (Å²) in [6.07, 6.45) is -8.69. The van der Waals surface area contributed by atoms with E-state index in [-0.39, 0.29) is 5.56 Å². The van der Waals surface area contributed by atoms with Crippen molar-refractivity contribution in [2.24, 2.45) is 0 Å². The Morgan fingerprint density at radius 1 is 1.00 bits per heavy atom. The molecule has 0 bridgehead atoms. The van der Waals surface area contributed by atoms with E-state index < -0.39 is 30.7 Å². The van der Waals surface area contributed by atoms with Gasteiger partial charge in [0.1, 0.15) is 11.5 Å². The van der Waals surface area contributed by atoms with Crippen molar-refractivity contribution >= 4 is 5.78 Å². The largest absolute Gasteiger partial charge is 0.485 e. The summed E-state index contributed by atoms with van der Waals surface area (Å²) in [7, 11) is 0. The van der Waals surface area contributed by atoms with Crippen molar-refractivity contribution in [2.75, 3.05) is 6.61 Å². The molecule has 0 aliphatic carbocycles. The molecule has 0 unspecified atom stereocenters. The topological polar surface area (TPSA) is 35.5 Å². The number of halogens is 4. The third-order valence-corrected chi connectivity index (χ3v) is 2.80. The lowest BCUT2D eigenvalue weighted by Gasteiger charge is -2.18. The Balaban J connectivity index is 2.11. The second-order valence-corrected chi connectivity index (χ2v) is 4.49. The van der Waals surface area contributed by atoms with Crippen LogP contribution in [0.1, 0.15) is 10.4 Å². The van der Waals surface area contributed by atoms with Gasteiger partial charge in [0.2, 0.25) is 5.78 Å². The molecule has 122 valence electrons. The van der Waals surface area contributed by atoms with Gasteiger partial charge in [0.25, 0.3) is 0 Å². The minimum atomic E-state index is -4.68. The second-order valence-electron chi connectivity index (χ2n) is 4.49. The summed E-state index contributed by atoms with van der Waals surface area (Å²) in [5.41, 5.74) is -0.260. The number of para-hydroxylation sites is 2. The number of carbonyl (C=O) groups is 1. The van der Waals surface area contributed by atoms with Crippen molar-refractivity contribution in [3.05, 3.63) is 60.2 Å². The first-order valence-corrected chi connectivity index (χ1v) is 6.55.